The van der Waals surface area contributed by atoms with Crippen LogP contribution >= 0.6 is 0 Å². The number of carbonyl (C=O) groups excluding carboxylic acids is 2. The van der Waals surface area contributed by atoms with E-state index in [1.165, 1.54) is 0 Å². The molecule has 1 aromatic carbocycles. The molecule has 0 bridgehead atoms. The maximum absolute atomic E-state index is 12.1. The van der Waals surface area contributed by atoms with E-state index in [9.17, 15) is 9.59 Å². The highest BCUT2D eigenvalue weighted by molar-refractivity contribution is 5.79. The van der Waals surface area contributed by atoms with Crippen LogP contribution in [0.1, 0.15) is 30.9 Å². The SMILES string of the molecule is CCNC(=O)C1CCN(CC(=O)NCc2ccc(COC)cc2)CC1. The Balaban J connectivity index is 1.68. The summed E-state index contributed by atoms with van der Waals surface area (Å²) < 4.78 is 5.09. The van der Waals surface area contributed by atoms with Gasteiger partial charge in [0.2, 0.25) is 11.8 Å². The van der Waals surface area contributed by atoms with Gasteiger partial charge in [-0.05, 0) is 44.0 Å². The molecular formula is C19H29N3O3. The molecule has 25 heavy (non-hydrogen) atoms. The van der Waals surface area contributed by atoms with E-state index >= 15 is 0 Å². The Bertz CT molecular complexity index is 552. The predicted octanol–water partition coefficient (Wildman–Crippen LogP) is 1.30. The summed E-state index contributed by atoms with van der Waals surface area (Å²) in [6.07, 6.45) is 1.64. The highest BCUT2D eigenvalue weighted by Crippen LogP contribution is 2.17. The highest BCUT2D eigenvalue weighted by Gasteiger charge is 2.25. The van der Waals surface area contributed by atoms with E-state index in [-0.39, 0.29) is 17.7 Å². The van der Waals surface area contributed by atoms with Crippen LogP contribution in [-0.2, 0) is 27.5 Å². The number of methoxy groups -OCH3 is 1. The average molecular weight is 347 g/mol. The molecule has 0 aromatic heterocycles. The summed E-state index contributed by atoms with van der Waals surface area (Å²) >= 11 is 0. The highest BCUT2D eigenvalue weighted by atomic mass is 16.5. The Kier molecular flexibility index (Phi) is 7.88. The van der Waals surface area contributed by atoms with Crippen molar-refractivity contribution in [3.63, 3.8) is 0 Å². The lowest BCUT2D eigenvalue weighted by atomic mass is 9.96. The average Bonchev–Trinajstić information content (AvgIpc) is 2.62. The van der Waals surface area contributed by atoms with E-state index in [0.717, 1.165) is 37.1 Å². The molecule has 138 valence electrons. The molecule has 1 aliphatic rings. The van der Waals surface area contributed by atoms with Crippen molar-refractivity contribution in [3.05, 3.63) is 35.4 Å². The number of likely N-dealkylation sites (tertiary alicyclic amines) is 1. The van der Waals surface area contributed by atoms with E-state index in [2.05, 4.69) is 15.5 Å². The molecule has 6 heteroatoms. The number of carbonyl (C=O) groups is 2. The fraction of sp³-hybridized carbons (Fsp3) is 0.579. The summed E-state index contributed by atoms with van der Waals surface area (Å²) in [5.41, 5.74) is 2.19. The Morgan fingerprint density at radius 2 is 1.76 bits per heavy atom. The van der Waals surface area contributed by atoms with E-state index in [1.807, 2.05) is 31.2 Å². The Hall–Kier alpha value is -1.92. The number of ether oxygens (including phenoxy) is 1. The minimum absolute atomic E-state index is 0.0254. The van der Waals surface area contributed by atoms with Gasteiger partial charge in [0.25, 0.3) is 0 Å². The fourth-order valence-electron chi connectivity index (χ4n) is 3.05. The predicted molar refractivity (Wildman–Crippen MR) is 96.8 cm³/mol. The standard InChI is InChI=1S/C19H29N3O3/c1-3-20-19(24)17-8-10-22(11-9-17)13-18(23)21-12-15-4-6-16(7-5-15)14-25-2/h4-7,17H,3,8-14H2,1-2H3,(H,20,24)(H,21,23). The first-order chi connectivity index (χ1) is 12.1. The molecule has 0 spiro atoms. The minimum atomic E-state index is 0.0254. The van der Waals surface area contributed by atoms with Gasteiger partial charge in [-0.2, -0.15) is 0 Å². The van der Waals surface area contributed by atoms with Gasteiger partial charge in [0, 0.05) is 26.1 Å². The number of rotatable bonds is 8. The number of hydrogen-bond donors (Lipinski definition) is 2. The molecule has 0 radical (unpaired) electrons. The topological polar surface area (TPSA) is 70.7 Å². The van der Waals surface area contributed by atoms with Gasteiger partial charge in [0.15, 0.2) is 0 Å². The quantitative estimate of drug-likeness (QED) is 0.744. The molecule has 1 fully saturated rings. The number of nitrogens with zero attached hydrogens (tertiary/aromatic N) is 1. The van der Waals surface area contributed by atoms with Crippen LogP contribution in [0.15, 0.2) is 24.3 Å². The smallest absolute Gasteiger partial charge is 0.234 e. The van der Waals surface area contributed by atoms with Crippen molar-refractivity contribution in [3.8, 4) is 0 Å². The van der Waals surface area contributed by atoms with Gasteiger partial charge in [-0.15, -0.1) is 0 Å². The fourth-order valence-corrected chi connectivity index (χ4v) is 3.05. The van der Waals surface area contributed by atoms with Crippen molar-refractivity contribution >= 4 is 11.8 Å². The number of nitrogens with one attached hydrogen (secondary N) is 2. The molecule has 2 N–H and O–H groups in total. The van der Waals surface area contributed by atoms with Crippen LogP contribution in [0.2, 0.25) is 0 Å². The summed E-state index contributed by atoms with van der Waals surface area (Å²) in [6, 6.07) is 8.03. The van der Waals surface area contributed by atoms with Gasteiger partial charge in [-0.3, -0.25) is 14.5 Å². The first kappa shape index (κ1) is 19.4. The molecule has 0 atom stereocenters. The molecule has 2 rings (SSSR count). The third-order valence-corrected chi connectivity index (χ3v) is 4.50. The number of amides is 2. The van der Waals surface area contributed by atoms with Crippen LogP contribution in [-0.4, -0.2) is 50.0 Å². The van der Waals surface area contributed by atoms with E-state index in [0.29, 0.717) is 26.2 Å². The van der Waals surface area contributed by atoms with Crippen LogP contribution in [0.25, 0.3) is 0 Å². The number of hydrogen-bond acceptors (Lipinski definition) is 4. The van der Waals surface area contributed by atoms with Gasteiger partial charge in [0.05, 0.1) is 13.2 Å². The summed E-state index contributed by atoms with van der Waals surface area (Å²) in [4.78, 5) is 26.1. The maximum atomic E-state index is 12.1. The van der Waals surface area contributed by atoms with E-state index < -0.39 is 0 Å². The van der Waals surface area contributed by atoms with E-state index in [1.54, 1.807) is 7.11 Å². The third-order valence-electron chi connectivity index (χ3n) is 4.50. The summed E-state index contributed by atoms with van der Waals surface area (Å²) in [5.74, 6) is 0.255. The lowest BCUT2D eigenvalue weighted by molar-refractivity contribution is -0.126. The van der Waals surface area contributed by atoms with Gasteiger partial charge < -0.3 is 15.4 Å². The monoisotopic (exact) mass is 347 g/mol. The molecule has 1 heterocycles. The second kappa shape index (κ2) is 10.2. The van der Waals surface area contributed by atoms with E-state index in [4.69, 9.17) is 4.74 Å². The third kappa shape index (κ3) is 6.48. The van der Waals surface area contributed by atoms with Crippen LogP contribution in [0.5, 0.6) is 0 Å². The zero-order valence-electron chi connectivity index (χ0n) is 15.2. The molecule has 0 aliphatic carbocycles. The van der Waals surface area contributed by atoms with Gasteiger partial charge in [-0.25, -0.2) is 0 Å². The lowest BCUT2D eigenvalue weighted by Gasteiger charge is -2.30. The first-order valence-corrected chi connectivity index (χ1v) is 8.96. The molecule has 6 nitrogen and oxygen atoms in total. The number of piperidine rings is 1. The normalized spacial score (nSPS) is 15.8. The van der Waals surface area contributed by atoms with Crippen LogP contribution in [0.3, 0.4) is 0 Å². The zero-order chi connectivity index (χ0) is 18.1. The van der Waals surface area contributed by atoms with Crippen molar-refractivity contribution < 1.29 is 14.3 Å². The molecule has 0 saturated carbocycles. The van der Waals surface area contributed by atoms with Crippen molar-refractivity contribution in [2.45, 2.75) is 32.9 Å². The molecule has 1 aliphatic heterocycles. The summed E-state index contributed by atoms with van der Waals surface area (Å²) in [7, 11) is 1.67. The maximum Gasteiger partial charge on any atom is 0.234 e. The number of benzene rings is 1. The van der Waals surface area contributed by atoms with Gasteiger partial charge in [0.1, 0.15) is 0 Å². The Labute approximate surface area is 149 Å². The largest absolute Gasteiger partial charge is 0.380 e. The summed E-state index contributed by atoms with van der Waals surface area (Å²) in [5, 5.41) is 5.84. The van der Waals surface area contributed by atoms with Gasteiger partial charge >= 0.3 is 0 Å². The van der Waals surface area contributed by atoms with Crippen molar-refractivity contribution in [2.24, 2.45) is 5.92 Å². The molecule has 2 amide bonds. The molecule has 0 unspecified atom stereocenters. The minimum Gasteiger partial charge on any atom is -0.380 e. The van der Waals surface area contributed by atoms with Crippen molar-refractivity contribution in [2.75, 3.05) is 33.3 Å². The molecule has 1 saturated heterocycles. The molecule has 1 aromatic rings. The zero-order valence-corrected chi connectivity index (χ0v) is 15.2. The lowest BCUT2D eigenvalue weighted by Crippen LogP contribution is -2.44. The Morgan fingerprint density at radius 3 is 2.36 bits per heavy atom. The van der Waals surface area contributed by atoms with Crippen LogP contribution < -0.4 is 10.6 Å². The van der Waals surface area contributed by atoms with Crippen molar-refractivity contribution in [1.29, 1.82) is 0 Å². The van der Waals surface area contributed by atoms with Gasteiger partial charge in [-0.1, -0.05) is 24.3 Å². The second-order valence-electron chi connectivity index (χ2n) is 6.47. The first-order valence-electron chi connectivity index (χ1n) is 8.96. The summed E-state index contributed by atoms with van der Waals surface area (Å²) in [6.45, 7) is 5.71. The van der Waals surface area contributed by atoms with Crippen LogP contribution in [0, 0.1) is 5.92 Å². The Morgan fingerprint density at radius 1 is 1.12 bits per heavy atom. The second-order valence-corrected chi connectivity index (χ2v) is 6.47. The molecular weight excluding hydrogens is 318 g/mol. The van der Waals surface area contributed by atoms with Crippen molar-refractivity contribution in [1.82, 2.24) is 15.5 Å². The van der Waals surface area contributed by atoms with Crippen LogP contribution in [0.4, 0.5) is 0 Å².